The molecule has 1 aliphatic heterocycles. The molecule has 3 rings (SSSR count). The highest BCUT2D eigenvalue weighted by molar-refractivity contribution is 5.82. The van der Waals surface area contributed by atoms with E-state index in [1.807, 2.05) is 11.9 Å². The van der Waals surface area contributed by atoms with Crippen LogP contribution in [0.1, 0.15) is 37.9 Å². The van der Waals surface area contributed by atoms with Crippen molar-refractivity contribution in [2.24, 2.45) is 5.92 Å². The molecule has 0 aromatic carbocycles. The topological polar surface area (TPSA) is 71.3 Å². The third kappa shape index (κ3) is 2.36. The maximum atomic E-state index is 12.6. The lowest BCUT2D eigenvalue weighted by atomic mass is 9.97. The zero-order valence-electron chi connectivity index (χ0n) is 11.2. The number of fused-ring (bicyclic) bond motifs is 1. The maximum Gasteiger partial charge on any atom is 0.240 e. The summed E-state index contributed by atoms with van der Waals surface area (Å²) < 4.78 is 4.77. The number of carbonyl (C=O) groups excluding carboxylic acids is 1. The largest absolute Gasteiger partial charge is 0.343 e. The van der Waals surface area contributed by atoms with Gasteiger partial charge in [0.15, 0.2) is 5.82 Å². The fraction of sp³-hybridized carbons (Fsp3) is 0.769. The number of aromatic nitrogens is 2. The van der Waals surface area contributed by atoms with E-state index in [1.165, 1.54) is 19.2 Å². The van der Waals surface area contributed by atoms with E-state index in [-0.39, 0.29) is 11.9 Å². The van der Waals surface area contributed by atoms with Crippen LogP contribution in [0.2, 0.25) is 0 Å². The summed E-state index contributed by atoms with van der Waals surface area (Å²) in [5.74, 6) is 1.41. The Hall–Kier alpha value is -1.43. The molecule has 2 aliphatic rings. The molecule has 1 aromatic heterocycles. The number of nitrogens with zero attached hydrogens (tertiary/aromatic N) is 3. The molecule has 6 heteroatoms. The van der Waals surface area contributed by atoms with Crippen molar-refractivity contribution < 1.29 is 9.32 Å². The summed E-state index contributed by atoms with van der Waals surface area (Å²) in [6.07, 6.45) is 6.93. The van der Waals surface area contributed by atoms with Crippen LogP contribution in [-0.2, 0) is 11.3 Å². The molecular formula is C13H20N4O2. The van der Waals surface area contributed by atoms with Gasteiger partial charge in [-0.2, -0.15) is 4.98 Å². The Morgan fingerprint density at radius 1 is 1.42 bits per heavy atom. The molecule has 1 saturated carbocycles. The van der Waals surface area contributed by atoms with E-state index < -0.39 is 0 Å². The van der Waals surface area contributed by atoms with E-state index in [2.05, 4.69) is 15.5 Å². The lowest BCUT2D eigenvalue weighted by Crippen LogP contribution is -2.47. The zero-order chi connectivity index (χ0) is 13.2. The smallest absolute Gasteiger partial charge is 0.240 e. The lowest BCUT2D eigenvalue weighted by Gasteiger charge is -2.31. The summed E-state index contributed by atoms with van der Waals surface area (Å²) in [5, 5.41) is 6.98. The van der Waals surface area contributed by atoms with Gasteiger partial charge in [0.2, 0.25) is 12.3 Å². The van der Waals surface area contributed by atoms with Gasteiger partial charge in [-0.15, -0.1) is 0 Å². The third-order valence-corrected chi connectivity index (χ3v) is 4.49. The monoisotopic (exact) mass is 264 g/mol. The Kier molecular flexibility index (Phi) is 3.50. The summed E-state index contributed by atoms with van der Waals surface area (Å²) in [7, 11) is 1.86. The average molecular weight is 264 g/mol. The molecule has 0 radical (unpaired) electrons. The highest BCUT2D eigenvalue weighted by Crippen LogP contribution is 2.36. The summed E-state index contributed by atoms with van der Waals surface area (Å²) in [4.78, 5) is 18.6. The molecular weight excluding hydrogens is 244 g/mol. The Labute approximate surface area is 112 Å². The Balaban J connectivity index is 1.84. The van der Waals surface area contributed by atoms with Gasteiger partial charge < -0.3 is 14.7 Å². The van der Waals surface area contributed by atoms with Crippen LogP contribution in [0.15, 0.2) is 10.9 Å². The van der Waals surface area contributed by atoms with Crippen LogP contribution in [-0.4, -0.2) is 40.1 Å². The van der Waals surface area contributed by atoms with Gasteiger partial charge in [0.1, 0.15) is 0 Å². The van der Waals surface area contributed by atoms with Crippen LogP contribution in [0, 0.1) is 5.92 Å². The van der Waals surface area contributed by atoms with Gasteiger partial charge in [0, 0.05) is 6.04 Å². The molecule has 104 valence electrons. The second-order valence-electron chi connectivity index (χ2n) is 5.49. The highest BCUT2D eigenvalue weighted by atomic mass is 16.5. The quantitative estimate of drug-likeness (QED) is 0.880. The van der Waals surface area contributed by atoms with Crippen molar-refractivity contribution in [2.75, 3.05) is 7.05 Å². The van der Waals surface area contributed by atoms with E-state index in [0.29, 0.717) is 24.3 Å². The van der Waals surface area contributed by atoms with Crippen molar-refractivity contribution >= 4 is 5.91 Å². The van der Waals surface area contributed by atoms with Crippen LogP contribution in [0.5, 0.6) is 0 Å². The van der Waals surface area contributed by atoms with Crippen molar-refractivity contribution in [3.63, 3.8) is 0 Å². The third-order valence-electron chi connectivity index (χ3n) is 4.49. The first-order valence-electron chi connectivity index (χ1n) is 7.02. The molecule has 1 N–H and O–H groups in total. The fourth-order valence-corrected chi connectivity index (χ4v) is 3.51. The number of hydrogen-bond acceptors (Lipinski definition) is 5. The van der Waals surface area contributed by atoms with Crippen LogP contribution < -0.4 is 5.32 Å². The van der Waals surface area contributed by atoms with Gasteiger partial charge in [-0.05, 0) is 38.6 Å². The van der Waals surface area contributed by atoms with Gasteiger partial charge in [-0.3, -0.25) is 4.79 Å². The molecule has 1 amide bonds. The van der Waals surface area contributed by atoms with E-state index in [4.69, 9.17) is 4.52 Å². The number of carbonyl (C=O) groups is 1. The van der Waals surface area contributed by atoms with E-state index >= 15 is 0 Å². The fourth-order valence-electron chi connectivity index (χ4n) is 3.51. The molecule has 2 fully saturated rings. The van der Waals surface area contributed by atoms with E-state index in [9.17, 15) is 4.79 Å². The summed E-state index contributed by atoms with van der Waals surface area (Å²) in [6, 6.07) is 0.279. The highest BCUT2D eigenvalue weighted by Gasteiger charge is 2.40. The van der Waals surface area contributed by atoms with Crippen molar-refractivity contribution in [1.82, 2.24) is 20.4 Å². The van der Waals surface area contributed by atoms with Gasteiger partial charge in [-0.1, -0.05) is 11.6 Å². The van der Waals surface area contributed by atoms with Crippen LogP contribution in [0.3, 0.4) is 0 Å². The van der Waals surface area contributed by atoms with E-state index in [0.717, 1.165) is 19.3 Å². The second-order valence-corrected chi connectivity index (χ2v) is 5.49. The molecule has 19 heavy (non-hydrogen) atoms. The standard InChI is InChI=1S/C13H20N4O2/c1-14-10-6-5-9-3-2-4-11(9)17(13(10)18)7-12-15-8-19-16-12/h8-11,14H,2-7H2,1H3. The van der Waals surface area contributed by atoms with Crippen molar-refractivity contribution in [3.05, 3.63) is 12.2 Å². The number of rotatable bonds is 3. The SMILES string of the molecule is CNC1CCC2CCCC2N(Cc2ncon2)C1=O. The number of nitrogens with one attached hydrogen (secondary N) is 1. The van der Waals surface area contributed by atoms with Crippen molar-refractivity contribution in [1.29, 1.82) is 0 Å². The Bertz CT molecular complexity index is 434. The molecule has 3 unspecified atom stereocenters. The van der Waals surface area contributed by atoms with Crippen LogP contribution in [0.25, 0.3) is 0 Å². The van der Waals surface area contributed by atoms with Crippen LogP contribution in [0.4, 0.5) is 0 Å². The number of hydrogen-bond donors (Lipinski definition) is 1. The van der Waals surface area contributed by atoms with Crippen molar-refractivity contribution in [2.45, 2.75) is 50.7 Å². The summed E-state index contributed by atoms with van der Waals surface area (Å²) in [5.41, 5.74) is 0. The first kappa shape index (κ1) is 12.6. The van der Waals surface area contributed by atoms with Crippen LogP contribution >= 0.6 is 0 Å². The number of amides is 1. The lowest BCUT2D eigenvalue weighted by molar-refractivity contribution is -0.136. The van der Waals surface area contributed by atoms with Crippen molar-refractivity contribution in [3.8, 4) is 0 Å². The minimum absolute atomic E-state index is 0.0718. The zero-order valence-corrected chi connectivity index (χ0v) is 11.2. The molecule has 0 bridgehead atoms. The minimum atomic E-state index is -0.0718. The molecule has 3 atom stereocenters. The maximum absolute atomic E-state index is 12.6. The molecule has 2 heterocycles. The number of likely N-dealkylation sites (N-methyl/N-ethyl adjacent to an activating group) is 1. The molecule has 1 saturated heterocycles. The first-order valence-corrected chi connectivity index (χ1v) is 7.02. The summed E-state index contributed by atoms with van der Waals surface area (Å²) in [6.45, 7) is 0.467. The van der Waals surface area contributed by atoms with Gasteiger partial charge >= 0.3 is 0 Å². The van der Waals surface area contributed by atoms with Gasteiger partial charge in [-0.25, -0.2) is 0 Å². The molecule has 6 nitrogen and oxygen atoms in total. The summed E-state index contributed by atoms with van der Waals surface area (Å²) >= 11 is 0. The molecule has 0 spiro atoms. The first-order chi connectivity index (χ1) is 9.29. The Morgan fingerprint density at radius 2 is 2.32 bits per heavy atom. The average Bonchev–Trinajstić information content (AvgIpc) is 3.05. The van der Waals surface area contributed by atoms with Gasteiger partial charge in [0.25, 0.3) is 0 Å². The predicted molar refractivity (Wildman–Crippen MR) is 68.1 cm³/mol. The normalized spacial score (nSPS) is 31.3. The van der Waals surface area contributed by atoms with E-state index in [1.54, 1.807) is 0 Å². The van der Waals surface area contributed by atoms with Gasteiger partial charge in [0.05, 0.1) is 12.6 Å². The molecule has 1 aromatic rings. The Morgan fingerprint density at radius 3 is 3.05 bits per heavy atom. The number of likely N-dealkylation sites (tertiary alicyclic amines) is 1. The second kappa shape index (κ2) is 5.28. The minimum Gasteiger partial charge on any atom is -0.343 e. The predicted octanol–water partition coefficient (Wildman–Crippen LogP) is 0.949. The molecule has 1 aliphatic carbocycles.